The van der Waals surface area contributed by atoms with Crippen molar-refractivity contribution < 1.29 is 9.59 Å². The second-order valence-electron chi connectivity index (χ2n) is 4.42. The number of allylic oxidation sites excluding steroid dienone is 4. The van der Waals surface area contributed by atoms with E-state index in [1.54, 1.807) is 24.3 Å². The number of carbonyl (C=O) groups is 2. The van der Waals surface area contributed by atoms with Gasteiger partial charge in [0.05, 0.1) is 5.92 Å². The van der Waals surface area contributed by atoms with Crippen molar-refractivity contribution in [3.05, 3.63) is 60.2 Å². The predicted octanol–water partition coefficient (Wildman–Crippen LogP) is 3.21. The van der Waals surface area contributed by atoms with Gasteiger partial charge in [-0.3, -0.25) is 9.59 Å². The maximum Gasteiger partial charge on any atom is 0.166 e. The Labute approximate surface area is 107 Å². The van der Waals surface area contributed by atoms with Gasteiger partial charge in [0.25, 0.3) is 0 Å². The summed E-state index contributed by atoms with van der Waals surface area (Å²) in [6.45, 7) is 1.95. The van der Waals surface area contributed by atoms with E-state index in [1.165, 1.54) is 0 Å². The molecule has 0 fully saturated rings. The van der Waals surface area contributed by atoms with Gasteiger partial charge in [0.2, 0.25) is 0 Å². The molecule has 0 spiro atoms. The lowest BCUT2D eigenvalue weighted by Gasteiger charge is -2.21. The molecule has 1 aliphatic carbocycles. The molecule has 2 rings (SSSR count). The van der Waals surface area contributed by atoms with Crippen LogP contribution in [-0.4, -0.2) is 11.6 Å². The van der Waals surface area contributed by atoms with Crippen molar-refractivity contribution in [3.8, 4) is 0 Å². The lowest BCUT2D eigenvalue weighted by Crippen LogP contribution is -2.28. The molecule has 1 aliphatic rings. The van der Waals surface area contributed by atoms with Crippen LogP contribution in [0, 0.1) is 11.8 Å². The Morgan fingerprint density at radius 3 is 2.56 bits per heavy atom. The first-order valence-corrected chi connectivity index (χ1v) is 6.22. The van der Waals surface area contributed by atoms with E-state index in [0.29, 0.717) is 12.0 Å². The number of ketones is 2. The van der Waals surface area contributed by atoms with E-state index in [1.807, 2.05) is 37.3 Å². The van der Waals surface area contributed by atoms with E-state index >= 15 is 0 Å². The molecule has 2 atom stereocenters. The van der Waals surface area contributed by atoms with Crippen LogP contribution in [0.15, 0.2) is 54.6 Å². The number of rotatable bonds is 4. The quantitative estimate of drug-likeness (QED) is 0.757. The van der Waals surface area contributed by atoms with E-state index in [2.05, 4.69) is 0 Å². The lowest BCUT2D eigenvalue weighted by atomic mass is 9.80. The minimum Gasteiger partial charge on any atom is -0.294 e. The molecule has 2 heteroatoms. The first-order chi connectivity index (χ1) is 8.74. The average molecular weight is 240 g/mol. The van der Waals surface area contributed by atoms with Crippen LogP contribution in [-0.2, 0) is 4.79 Å². The van der Waals surface area contributed by atoms with Crippen LogP contribution in [0.5, 0.6) is 0 Å². The van der Waals surface area contributed by atoms with Crippen molar-refractivity contribution in [3.63, 3.8) is 0 Å². The number of hydrogen-bond acceptors (Lipinski definition) is 2. The van der Waals surface area contributed by atoms with Crippen molar-refractivity contribution in [1.82, 2.24) is 0 Å². The average Bonchev–Trinajstić information content (AvgIpc) is 2.42. The maximum absolute atomic E-state index is 12.4. The second-order valence-corrected chi connectivity index (χ2v) is 4.42. The van der Waals surface area contributed by atoms with Gasteiger partial charge in [-0.1, -0.05) is 55.5 Å². The first kappa shape index (κ1) is 12.5. The fourth-order valence-corrected chi connectivity index (χ4v) is 2.29. The summed E-state index contributed by atoms with van der Waals surface area (Å²) in [6.07, 6.45) is 7.61. The predicted molar refractivity (Wildman–Crippen MR) is 71.3 cm³/mol. The van der Waals surface area contributed by atoms with Crippen LogP contribution in [0.3, 0.4) is 0 Å². The fourth-order valence-electron chi connectivity index (χ4n) is 2.29. The number of Topliss-reactive ketones (excluding diaryl/α,β-unsaturated/α-hetero) is 1. The Morgan fingerprint density at radius 2 is 1.94 bits per heavy atom. The van der Waals surface area contributed by atoms with E-state index in [9.17, 15) is 9.59 Å². The molecule has 18 heavy (non-hydrogen) atoms. The largest absolute Gasteiger partial charge is 0.294 e. The van der Waals surface area contributed by atoms with Gasteiger partial charge in [0, 0.05) is 11.5 Å². The monoisotopic (exact) mass is 240 g/mol. The summed E-state index contributed by atoms with van der Waals surface area (Å²) in [5, 5.41) is 0. The van der Waals surface area contributed by atoms with Crippen LogP contribution >= 0.6 is 0 Å². The van der Waals surface area contributed by atoms with Gasteiger partial charge < -0.3 is 0 Å². The standard InChI is InChI=1S/C16H16O2/c1-2-13(14-10-6-7-11-15(14)17)16(18)12-8-4-3-5-9-12/h3-11,13-14H,2H2,1H3. The zero-order valence-electron chi connectivity index (χ0n) is 10.4. The van der Waals surface area contributed by atoms with Crippen LogP contribution in [0.25, 0.3) is 0 Å². The molecule has 0 amide bonds. The molecule has 1 aromatic carbocycles. The molecule has 0 N–H and O–H groups in total. The SMILES string of the molecule is CCC(C(=O)c1ccccc1)C1C=CC=CC1=O. The maximum atomic E-state index is 12.4. The van der Waals surface area contributed by atoms with Gasteiger partial charge in [-0.25, -0.2) is 0 Å². The summed E-state index contributed by atoms with van der Waals surface area (Å²) >= 11 is 0. The lowest BCUT2D eigenvalue weighted by molar-refractivity contribution is -0.118. The van der Waals surface area contributed by atoms with Crippen molar-refractivity contribution in [1.29, 1.82) is 0 Å². The van der Waals surface area contributed by atoms with Crippen LogP contribution in [0.2, 0.25) is 0 Å². The second kappa shape index (κ2) is 5.58. The highest BCUT2D eigenvalue weighted by molar-refractivity contribution is 6.03. The molecule has 2 unspecified atom stereocenters. The van der Waals surface area contributed by atoms with Gasteiger partial charge >= 0.3 is 0 Å². The summed E-state index contributed by atoms with van der Waals surface area (Å²) in [5.41, 5.74) is 0.681. The number of hydrogen-bond donors (Lipinski definition) is 0. The van der Waals surface area contributed by atoms with Gasteiger partial charge in [-0.15, -0.1) is 0 Å². The molecule has 0 radical (unpaired) electrons. The van der Waals surface area contributed by atoms with Gasteiger partial charge in [-0.05, 0) is 12.5 Å². The first-order valence-electron chi connectivity index (χ1n) is 6.22. The Hall–Kier alpha value is -1.96. The van der Waals surface area contributed by atoms with Crippen LogP contribution < -0.4 is 0 Å². The van der Waals surface area contributed by atoms with E-state index in [0.717, 1.165) is 0 Å². The molecule has 1 aromatic rings. The Balaban J connectivity index is 2.24. The molecule has 0 saturated carbocycles. The molecular weight excluding hydrogens is 224 g/mol. The normalized spacial score (nSPS) is 19.8. The summed E-state index contributed by atoms with van der Waals surface area (Å²) in [5.74, 6) is -0.501. The van der Waals surface area contributed by atoms with E-state index in [4.69, 9.17) is 0 Å². The summed E-state index contributed by atoms with van der Waals surface area (Å²) < 4.78 is 0. The van der Waals surface area contributed by atoms with Crippen molar-refractivity contribution >= 4 is 11.6 Å². The number of carbonyl (C=O) groups excluding carboxylic acids is 2. The van der Waals surface area contributed by atoms with Crippen molar-refractivity contribution in [2.45, 2.75) is 13.3 Å². The van der Waals surface area contributed by atoms with Crippen LogP contribution in [0.4, 0.5) is 0 Å². The minimum absolute atomic E-state index is 0.0219. The molecular formula is C16H16O2. The smallest absolute Gasteiger partial charge is 0.166 e. The Kier molecular flexibility index (Phi) is 3.88. The third-order valence-electron chi connectivity index (χ3n) is 3.29. The molecule has 0 aromatic heterocycles. The third-order valence-corrected chi connectivity index (χ3v) is 3.29. The fraction of sp³-hybridized carbons (Fsp3) is 0.250. The Bertz CT molecular complexity index is 497. The summed E-state index contributed by atoms with van der Waals surface area (Å²) in [6, 6.07) is 9.18. The molecule has 0 saturated heterocycles. The van der Waals surface area contributed by atoms with Gasteiger partial charge in [0.15, 0.2) is 11.6 Å². The van der Waals surface area contributed by atoms with E-state index < -0.39 is 0 Å². The highest BCUT2D eigenvalue weighted by atomic mass is 16.1. The molecule has 92 valence electrons. The zero-order valence-corrected chi connectivity index (χ0v) is 10.4. The van der Waals surface area contributed by atoms with Gasteiger partial charge in [-0.2, -0.15) is 0 Å². The minimum atomic E-state index is -0.312. The summed E-state index contributed by atoms with van der Waals surface area (Å²) in [4.78, 5) is 24.3. The van der Waals surface area contributed by atoms with E-state index in [-0.39, 0.29) is 23.4 Å². The van der Waals surface area contributed by atoms with Crippen molar-refractivity contribution in [2.75, 3.05) is 0 Å². The highest BCUT2D eigenvalue weighted by Crippen LogP contribution is 2.25. The van der Waals surface area contributed by atoms with Crippen molar-refractivity contribution in [2.24, 2.45) is 11.8 Å². The summed E-state index contributed by atoms with van der Waals surface area (Å²) in [7, 11) is 0. The Morgan fingerprint density at radius 1 is 1.22 bits per heavy atom. The topological polar surface area (TPSA) is 34.1 Å². The molecule has 0 aliphatic heterocycles. The highest BCUT2D eigenvalue weighted by Gasteiger charge is 2.30. The molecule has 2 nitrogen and oxygen atoms in total. The molecule has 0 bridgehead atoms. The van der Waals surface area contributed by atoms with Crippen LogP contribution in [0.1, 0.15) is 23.7 Å². The molecule has 0 heterocycles. The third kappa shape index (κ3) is 2.48. The number of benzene rings is 1. The van der Waals surface area contributed by atoms with Gasteiger partial charge in [0.1, 0.15) is 0 Å². The zero-order chi connectivity index (χ0) is 13.0.